The molecule has 2 aliphatic rings. The highest BCUT2D eigenvalue weighted by Gasteiger charge is 2.70. The fraction of sp³-hybridized carbons (Fsp3) is 0.652. The first-order chi connectivity index (χ1) is 16.1. The lowest BCUT2D eigenvalue weighted by atomic mass is 9.85. The van der Waals surface area contributed by atoms with E-state index in [-0.39, 0.29) is 30.2 Å². The van der Waals surface area contributed by atoms with Gasteiger partial charge in [0.25, 0.3) is 0 Å². The summed E-state index contributed by atoms with van der Waals surface area (Å²) in [6.07, 6.45) is -0.632. The van der Waals surface area contributed by atoms with Crippen molar-refractivity contribution in [2.45, 2.75) is 65.3 Å². The molecule has 0 aromatic carbocycles. The Balaban J connectivity index is 1.83. The van der Waals surface area contributed by atoms with E-state index in [1.54, 1.807) is 0 Å². The molecule has 2 N–H and O–H groups in total. The fourth-order valence-electron chi connectivity index (χ4n) is 4.90. The molecule has 1 aliphatic carbocycles. The van der Waals surface area contributed by atoms with Gasteiger partial charge in [-0.2, -0.15) is 18.4 Å². The minimum Gasteiger partial charge on any atom is -0.338 e. The van der Waals surface area contributed by atoms with Crippen LogP contribution in [0, 0.1) is 34.0 Å². The Morgan fingerprint density at radius 2 is 1.80 bits per heavy atom. The van der Waals surface area contributed by atoms with Crippen molar-refractivity contribution in [1.82, 2.24) is 25.5 Å². The number of carbonyl (C=O) groups is 3. The molecule has 35 heavy (non-hydrogen) atoms. The van der Waals surface area contributed by atoms with Crippen LogP contribution < -0.4 is 10.6 Å². The van der Waals surface area contributed by atoms with Crippen LogP contribution in [-0.2, 0) is 20.8 Å². The molecule has 12 heteroatoms. The summed E-state index contributed by atoms with van der Waals surface area (Å²) in [6, 6.07) is -1.38. The molecule has 1 aliphatic heterocycles. The van der Waals surface area contributed by atoms with Crippen LogP contribution in [-0.4, -0.2) is 63.4 Å². The predicted molar refractivity (Wildman–Crippen MR) is 117 cm³/mol. The second kappa shape index (κ2) is 9.09. The first-order valence-electron chi connectivity index (χ1n) is 11.2. The average Bonchev–Trinajstić information content (AvgIpc) is 3.10. The van der Waals surface area contributed by atoms with Gasteiger partial charge in [-0.1, -0.05) is 34.6 Å². The Labute approximate surface area is 201 Å². The van der Waals surface area contributed by atoms with E-state index in [4.69, 9.17) is 0 Å². The third kappa shape index (κ3) is 5.39. The Morgan fingerprint density at radius 1 is 1.20 bits per heavy atom. The smallest absolute Gasteiger partial charge is 0.338 e. The minimum atomic E-state index is -5.16. The second-order valence-electron chi connectivity index (χ2n) is 10.8. The summed E-state index contributed by atoms with van der Waals surface area (Å²) < 4.78 is 38.8. The summed E-state index contributed by atoms with van der Waals surface area (Å²) >= 11 is 0. The number of hydrogen-bond acceptors (Lipinski definition) is 6. The Morgan fingerprint density at radius 3 is 2.31 bits per heavy atom. The van der Waals surface area contributed by atoms with Crippen LogP contribution in [0.2, 0.25) is 0 Å². The third-order valence-corrected chi connectivity index (χ3v) is 6.93. The van der Waals surface area contributed by atoms with E-state index in [1.807, 2.05) is 25.2 Å². The molecule has 0 radical (unpaired) electrons. The van der Waals surface area contributed by atoms with Crippen molar-refractivity contribution in [3.63, 3.8) is 0 Å². The second-order valence-corrected chi connectivity index (χ2v) is 10.8. The molecule has 1 saturated heterocycles. The molecule has 1 aromatic heterocycles. The summed E-state index contributed by atoms with van der Waals surface area (Å²) in [5.74, 6) is -3.78. The highest BCUT2D eigenvalue weighted by Crippen LogP contribution is 2.65. The monoisotopic (exact) mass is 494 g/mol. The van der Waals surface area contributed by atoms with Gasteiger partial charge in [0, 0.05) is 25.4 Å². The number of likely N-dealkylation sites (tertiary alicyclic amines) is 1. The standard InChI is InChI=1S/C23H29F3N6O3/c1-21(2,3)17(31-20(35)23(24,25)26)19(34)32-10-14-15(22(14,4)5)16(32)18(33)30-13(7-27)6-12-8-28-11-29-9-12/h8-9,11,13-17H,6,10H2,1-5H3,(H,30,33)(H,31,35)/t13-,14-,15-,16-,17+/m0/s1. The zero-order valence-corrected chi connectivity index (χ0v) is 20.2. The highest BCUT2D eigenvalue weighted by atomic mass is 19.4. The van der Waals surface area contributed by atoms with Crippen molar-refractivity contribution >= 4 is 17.7 Å². The molecule has 2 heterocycles. The van der Waals surface area contributed by atoms with Gasteiger partial charge in [-0.15, -0.1) is 0 Å². The van der Waals surface area contributed by atoms with Crippen molar-refractivity contribution in [3.05, 3.63) is 24.3 Å². The van der Waals surface area contributed by atoms with E-state index >= 15 is 0 Å². The molecule has 3 amide bonds. The van der Waals surface area contributed by atoms with Crippen LogP contribution >= 0.6 is 0 Å². The Hall–Kier alpha value is -3.23. The van der Waals surface area contributed by atoms with E-state index in [0.717, 1.165) is 0 Å². The highest BCUT2D eigenvalue weighted by molar-refractivity contribution is 5.95. The number of rotatable bonds is 6. The van der Waals surface area contributed by atoms with Crippen molar-refractivity contribution in [2.75, 3.05) is 6.54 Å². The topological polar surface area (TPSA) is 128 Å². The lowest BCUT2D eigenvalue weighted by Crippen LogP contribution is -2.61. The normalized spacial score (nSPS) is 24.5. The van der Waals surface area contributed by atoms with E-state index < -0.39 is 47.4 Å². The number of aromatic nitrogens is 2. The van der Waals surface area contributed by atoms with Gasteiger partial charge in [0.1, 0.15) is 24.5 Å². The molecule has 190 valence electrons. The summed E-state index contributed by atoms with van der Waals surface area (Å²) in [5.41, 5.74) is -0.671. The van der Waals surface area contributed by atoms with Crippen LogP contribution in [0.1, 0.15) is 40.2 Å². The Kier molecular flexibility index (Phi) is 6.85. The van der Waals surface area contributed by atoms with E-state index in [0.29, 0.717) is 5.56 Å². The maximum Gasteiger partial charge on any atom is 0.471 e. The van der Waals surface area contributed by atoms with Crippen molar-refractivity contribution in [1.29, 1.82) is 5.26 Å². The Bertz CT molecular complexity index is 1030. The molecule has 0 bridgehead atoms. The molecule has 1 saturated carbocycles. The quantitative estimate of drug-likeness (QED) is 0.618. The summed E-state index contributed by atoms with van der Waals surface area (Å²) in [6.45, 7) is 8.70. The molecular formula is C23H29F3N6O3. The van der Waals surface area contributed by atoms with Gasteiger partial charge in [0.05, 0.1) is 6.07 Å². The third-order valence-electron chi connectivity index (χ3n) is 6.93. The number of nitrogens with zero attached hydrogens (tertiary/aromatic N) is 4. The molecule has 9 nitrogen and oxygen atoms in total. The first kappa shape index (κ1) is 26.4. The minimum absolute atomic E-state index is 0.0239. The van der Waals surface area contributed by atoms with Gasteiger partial charge in [-0.25, -0.2) is 9.97 Å². The number of fused-ring (bicyclic) bond motifs is 1. The maximum atomic E-state index is 13.5. The lowest BCUT2D eigenvalue weighted by molar-refractivity contribution is -0.176. The first-order valence-corrected chi connectivity index (χ1v) is 11.2. The number of amides is 3. The largest absolute Gasteiger partial charge is 0.471 e. The zero-order chi connectivity index (χ0) is 26.3. The number of hydrogen-bond donors (Lipinski definition) is 2. The van der Waals surface area contributed by atoms with Crippen LogP contribution in [0.4, 0.5) is 13.2 Å². The molecule has 0 unspecified atom stereocenters. The van der Waals surface area contributed by atoms with E-state index in [9.17, 15) is 32.8 Å². The van der Waals surface area contributed by atoms with Crippen LogP contribution in [0.3, 0.4) is 0 Å². The van der Waals surface area contributed by atoms with Crippen molar-refractivity contribution in [2.24, 2.45) is 22.7 Å². The van der Waals surface area contributed by atoms with Gasteiger partial charge in [-0.05, 0) is 28.2 Å². The van der Waals surface area contributed by atoms with Crippen LogP contribution in [0.25, 0.3) is 0 Å². The predicted octanol–water partition coefficient (Wildman–Crippen LogP) is 1.60. The average molecular weight is 495 g/mol. The fourth-order valence-corrected chi connectivity index (χ4v) is 4.90. The van der Waals surface area contributed by atoms with Gasteiger partial charge in [-0.3, -0.25) is 14.4 Å². The molecule has 3 rings (SSSR count). The van der Waals surface area contributed by atoms with Gasteiger partial charge < -0.3 is 15.5 Å². The van der Waals surface area contributed by atoms with Crippen LogP contribution in [0.15, 0.2) is 18.7 Å². The van der Waals surface area contributed by atoms with Crippen LogP contribution in [0.5, 0.6) is 0 Å². The maximum absolute atomic E-state index is 13.5. The van der Waals surface area contributed by atoms with E-state index in [2.05, 4.69) is 15.3 Å². The van der Waals surface area contributed by atoms with Gasteiger partial charge in [0.2, 0.25) is 11.8 Å². The SMILES string of the molecule is CC(C)(C)[C@H](NC(=O)C(F)(F)F)C(=O)N1C[C@H]2[C@@H]([C@H]1C(=O)N[C@H](C#N)Cc1cncnc1)C2(C)C. The molecule has 1 aromatic rings. The van der Waals surface area contributed by atoms with Gasteiger partial charge >= 0.3 is 12.1 Å². The molecule has 2 fully saturated rings. The number of alkyl halides is 3. The number of nitrogens with one attached hydrogen (secondary N) is 2. The molecule has 0 spiro atoms. The van der Waals surface area contributed by atoms with Gasteiger partial charge in [0.15, 0.2) is 0 Å². The summed E-state index contributed by atoms with van der Waals surface area (Å²) in [4.78, 5) is 47.5. The molecule has 5 atom stereocenters. The molecular weight excluding hydrogens is 465 g/mol. The van der Waals surface area contributed by atoms with Crippen molar-refractivity contribution in [3.8, 4) is 6.07 Å². The summed E-state index contributed by atoms with van der Waals surface area (Å²) in [5, 5.41) is 14.0. The van der Waals surface area contributed by atoms with Crippen molar-refractivity contribution < 1.29 is 27.6 Å². The number of halogens is 3. The number of nitriles is 1. The zero-order valence-electron chi connectivity index (χ0n) is 20.2. The summed E-state index contributed by atoms with van der Waals surface area (Å²) in [7, 11) is 0. The number of carbonyl (C=O) groups excluding carboxylic acids is 3. The van der Waals surface area contributed by atoms with E-state index in [1.165, 1.54) is 44.4 Å². The lowest BCUT2D eigenvalue weighted by Gasteiger charge is -2.37. The number of piperidine rings is 1.